The summed E-state index contributed by atoms with van der Waals surface area (Å²) >= 11 is 1.57. The standard InChI is InChI=1S/C22H38N4O2S/c1-9-10-11-15-14-26(20(2,3)4)29-18(15)24-17(27)16-12-13-22(7,21(16,5)6)25-19(28)23-8/h14,16H,9-13H2,1-8H3,(H2,23,25,28)/b24-18-/t16-,22-/m0/s1. The zero-order valence-electron chi connectivity index (χ0n) is 19.3. The Hall–Kier alpha value is -1.63. The molecule has 0 saturated heterocycles. The lowest BCUT2D eigenvalue weighted by Crippen LogP contribution is -2.57. The monoisotopic (exact) mass is 422 g/mol. The molecule has 1 saturated carbocycles. The van der Waals surface area contributed by atoms with E-state index in [2.05, 4.69) is 67.3 Å². The van der Waals surface area contributed by atoms with Crippen molar-refractivity contribution in [1.29, 1.82) is 0 Å². The Balaban J connectivity index is 2.36. The van der Waals surface area contributed by atoms with Gasteiger partial charge in [-0.1, -0.05) is 27.2 Å². The third-order valence-corrected chi connectivity index (χ3v) is 7.92. The average Bonchev–Trinajstić information content (AvgIpc) is 3.11. The topological polar surface area (TPSA) is 75.5 Å². The minimum Gasteiger partial charge on any atom is -0.341 e. The van der Waals surface area contributed by atoms with Gasteiger partial charge in [0.2, 0.25) is 0 Å². The lowest BCUT2D eigenvalue weighted by molar-refractivity contribution is -0.125. The Morgan fingerprint density at radius 1 is 1.31 bits per heavy atom. The molecule has 0 unspecified atom stereocenters. The van der Waals surface area contributed by atoms with E-state index in [0.717, 1.165) is 42.3 Å². The van der Waals surface area contributed by atoms with Crippen LogP contribution >= 0.6 is 11.5 Å². The molecule has 1 fully saturated rings. The summed E-state index contributed by atoms with van der Waals surface area (Å²) in [5.74, 6) is -0.285. The molecule has 29 heavy (non-hydrogen) atoms. The summed E-state index contributed by atoms with van der Waals surface area (Å²) in [6.45, 7) is 14.8. The first-order valence-corrected chi connectivity index (χ1v) is 11.4. The molecule has 1 aliphatic rings. The summed E-state index contributed by atoms with van der Waals surface area (Å²) in [5, 5.41) is 5.68. The fourth-order valence-corrected chi connectivity index (χ4v) is 5.03. The van der Waals surface area contributed by atoms with E-state index in [-0.39, 0.29) is 28.8 Å². The first-order valence-electron chi connectivity index (χ1n) is 10.7. The van der Waals surface area contributed by atoms with Gasteiger partial charge in [-0.15, -0.1) is 0 Å². The van der Waals surface area contributed by atoms with E-state index in [1.165, 1.54) is 0 Å². The van der Waals surface area contributed by atoms with E-state index in [1.54, 1.807) is 18.6 Å². The highest BCUT2D eigenvalue weighted by atomic mass is 32.1. The maximum absolute atomic E-state index is 13.3. The van der Waals surface area contributed by atoms with Crippen LogP contribution in [0.25, 0.3) is 0 Å². The molecule has 2 N–H and O–H groups in total. The SMILES string of the molecule is CCCCc1cn(C(C)(C)C)s/c1=N\C(=O)[C@@H]1CC[C@](C)(NC(=O)NC)C1(C)C. The number of rotatable bonds is 5. The number of carbonyl (C=O) groups is 2. The molecule has 0 aliphatic heterocycles. The van der Waals surface area contributed by atoms with Crippen molar-refractivity contribution in [3.05, 3.63) is 16.4 Å². The molecule has 1 heterocycles. The van der Waals surface area contributed by atoms with Gasteiger partial charge < -0.3 is 10.6 Å². The van der Waals surface area contributed by atoms with Crippen LogP contribution in [0.1, 0.15) is 79.7 Å². The number of amides is 3. The summed E-state index contributed by atoms with van der Waals surface area (Å²) < 4.78 is 3.03. The number of unbranched alkanes of at least 4 members (excludes halogenated alkanes) is 1. The molecule has 1 aromatic heterocycles. The van der Waals surface area contributed by atoms with Gasteiger partial charge in [-0.2, -0.15) is 0 Å². The molecule has 7 heteroatoms. The Kier molecular flexibility index (Phi) is 7.03. The van der Waals surface area contributed by atoms with Crippen LogP contribution in [0.4, 0.5) is 4.79 Å². The first-order chi connectivity index (χ1) is 13.4. The van der Waals surface area contributed by atoms with Crippen LogP contribution in [-0.4, -0.2) is 28.5 Å². The average molecular weight is 423 g/mol. The van der Waals surface area contributed by atoms with Gasteiger partial charge in [-0.05, 0) is 70.3 Å². The van der Waals surface area contributed by atoms with E-state index in [1.807, 2.05) is 6.92 Å². The van der Waals surface area contributed by atoms with Crippen molar-refractivity contribution >= 4 is 23.5 Å². The zero-order valence-corrected chi connectivity index (χ0v) is 20.1. The van der Waals surface area contributed by atoms with Crippen molar-refractivity contribution in [2.45, 2.75) is 91.6 Å². The van der Waals surface area contributed by atoms with Crippen LogP contribution in [0.3, 0.4) is 0 Å². The fourth-order valence-electron chi connectivity index (χ4n) is 3.98. The van der Waals surface area contributed by atoms with Crippen LogP contribution < -0.4 is 15.3 Å². The molecule has 0 radical (unpaired) electrons. The number of urea groups is 1. The van der Waals surface area contributed by atoms with Crippen molar-refractivity contribution in [3.8, 4) is 0 Å². The normalized spacial score (nSPS) is 24.6. The highest BCUT2D eigenvalue weighted by Gasteiger charge is 2.54. The maximum Gasteiger partial charge on any atom is 0.314 e. The van der Waals surface area contributed by atoms with E-state index >= 15 is 0 Å². The van der Waals surface area contributed by atoms with E-state index in [4.69, 9.17) is 0 Å². The number of carbonyl (C=O) groups excluding carboxylic acids is 2. The smallest absolute Gasteiger partial charge is 0.314 e. The lowest BCUT2D eigenvalue weighted by atomic mass is 9.71. The summed E-state index contributed by atoms with van der Waals surface area (Å²) in [5.41, 5.74) is 0.281. The number of nitrogens with zero attached hydrogens (tertiary/aromatic N) is 2. The number of aromatic nitrogens is 1. The number of aryl methyl sites for hydroxylation is 1. The molecule has 0 bridgehead atoms. The first kappa shape index (κ1) is 23.6. The molecular formula is C22H38N4O2S. The van der Waals surface area contributed by atoms with Gasteiger partial charge in [0.05, 0.1) is 0 Å². The van der Waals surface area contributed by atoms with Gasteiger partial charge in [0, 0.05) is 35.8 Å². The van der Waals surface area contributed by atoms with Gasteiger partial charge in [0.15, 0.2) is 0 Å². The molecule has 2 atom stereocenters. The summed E-state index contributed by atoms with van der Waals surface area (Å²) in [4.78, 5) is 29.8. The molecular weight excluding hydrogens is 384 g/mol. The maximum atomic E-state index is 13.3. The Morgan fingerprint density at radius 3 is 2.52 bits per heavy atom. The number of hydrogen-bond acceptors (Lipinski definition) is 3. The minimum atomic E-state index is -0.450. The molecule has 6 nitrogen and oxygen atoms in total. The van der Waals surface area contributed by atoms with Crippen LogP contribution in [0.5, 0.6) is 0 Å². The van der Waals surface area contributed by atoms with Gasteiger partial charge in [-0.3, -0.25) is 8.75 Å². The second-order valence-corrected chi connectivity index (χ2v) is 10.9. The fraction of sp³-hybridized carbons (Fsp3) is 0.773. The predicted octanol–water partition coefficient (Wildman–Crippen LogP) is 4.20. The van der Waals surface area contributed by atoms with Crippen molar-refractivity contribution in [1.82, 2.24) is 14.6 Å². The predicted molar refractivity (Wildman–Crippen MR) is 119 cm³/mol. The summed E-state index contributed by atoms with van der Waals surface area (Å²) in [6, 6.07) is -0.211. The van der Waals surface area contributed by atoms with E-state index in [9.17, 15) is 9.59 Å². The van der Waals surface area contributed by atoms with Crippen molar-refractivity contribution in [2.24, 2.45) is 16.3 Å². The molecule has 164 valence electrons. The second-order valence-electron chi connectivity index (χ2n) is 9.95. The summed E-state index contributed by atoms with van der Waals surface area (Å²) in [6.07, 6.45) is 6.77. The molecule has 1 aliphatic carbocycles. The minimum absolute atomic E-state index is 0.0366. The lowest BCUT2D eigenvalue weighted by Gasteiger charge is -2.41. The molecule has 1 aromatic rings. The van der Waals surface area contributed by atoms with E-state index in [0.29, 0.717) is 0 Å². The van der Waals surface area contributed by atoms with Crippen LogP contribution in [0.15, 0.2) is 11.2 Å². The van der Waals surface area contributed by atoms with Crippen LogP contribution in [-0.2, 0) is 16.8 Å². The summed E-state index contributed by atoms with van der Waals surface area (Å²) in [7, 11) is 1.61. The van der Waals surface area contributed by atoms with Gasteiger partial charge in [0.25, 0.3) is 5.91 Å². The van der Waals surface area contributed by atoms with Crippen LogP contribution in [0.2, 0.25) is 0 Å². The molecule has 3 amide bonds. The third kappa shape index (κ3) is 4.93. The number of hydrogen-bond donors (Lipinski definition) is 2. The van der Waals surface area contributed by atoms with Gasteiger partial charge in [-0.25, -0.2) is 9.79 Å². The van der Waals surface area contributed by atoms with E-state index < -0.39 is 5.54 Å². The molecule has 0 aromatic carbocycles. The Bertz CT molecular complexity index is 816. The Morgan fingerprint density at radius 2 is 1.97 bits per heavy atom. The Labute approximate surface area is 179 Å². The van der Waals surface area contributed by atoms with Crippen molar-refractivity contribution in [3.63, 3.8) is 0 Å². The van der Waals surface area contributed by atoms with Crippen molar-refractivity contribution in [2.75, 3.05) is 7.05 Å². The highest BCUT2D eigenvalue weighted by Crippen LogP contribution is 2.50. The molecule has 0 spiro atoms. The zero-order chi connectivity index (χ0) is 22.0. The second kappa shape index (κ2) is 8.62. The molecule has 2 rings (SSSR count). The van der Waals surface area contributed by atoms with Gasteiger partial charge >= 0.3 is 6.03 Å². The highest BCUT2D eigenvalue weighted by molar-refractivity contribution is 7.04. The van der Waals surface area contributed by atoms with Crippen molar-refractivity contribution < 1.29 is 9.59 Å². The van der Waals surface area contributed by atoms with Gasteiger partial charge in [0.1, 0.15) is 4.67 Å². The number of nitrogens with one attached hydrogen (secondary N) is 2. The third-order valence-electron chi connectivity index (χ3n) is 6.55. The quantitative estimate of drug-likeness (QED) is 0.746. The van der Waals surface area contributed by atoms with Crippen LogP contribution in [0, 0.1) is 11.3 Å². The largest absolute Gasteiger partial charge is 0.341 e.